The summed E-state index contributed by atoms with van der Waals surface area (Å²) >= 11 is 0. The summed E-state index contributed by atoms with van der Waals surface area (Å²) in [4.78, 5) is 27.3. The Morgan fingerprint density at radius 1 is 0.971 bits per heavy atom. The van der Waals surface area contributed by atoms with Crippen LogP contribution >= 0.6 is 0 Å². The second kappa shape index (κ2) is 9.18. The third-order valence-corrected chi connectivity index (χ3v) is 6.78. The number of hydrogen-bond donors (Lipinski definition) is 3. The second-order valence-corrected chi connectivity index (χ2v) is 9.63. The quantitative estimate of drug-likeness (QED) is 0.475. The van der Waals surface area contributed by atoms with E-state index in [-0.39, 0.29) is 10.7 Å². The van der Waals surface area contributed by atoms with Gasteiger partial charge in [-0.05, 0) is 51.8 Å². The highest BCUT2D eigenvalue weighted by Crippen LogP contribution is 2.30. The van der Waals surface area contributed by atoms with Crippen molar-refractivity contribution in [1.82, 2.24) is 15.7 Å². The number of furan rings is 2. The molecule has 2 aromatic heterocycles. The van der Waals surface area contributed by atoms with Crippen LogP contribution in [0.5, 0.6) is 0 Å². The summed E-state index contributed by atoms with van der Waals surface area (Å²) in [5.74, 6) is -0.183. The Balaban J connectivity index is 1.52. The molecule has 0 saturated carbocycles. The molecule has 1 aliphatic carbocycles. The third-order valence-electron chi connectivity index (χ3n) is 5.56. The molecular formula is C23H24N4O6S. The number of hydrazine groups is 1. The monoisotopic (exact) mass is 484 g/mol. The van der Waals surface area contributed by atoms with Crippen LogP contribution in [0.3, 0.4) is 0 Å². The summed E-state index contributed by atoms with van der Waals surface area (Å²) in [6.07, 6.45) is 3.16. The highest BCUT2D eigenvalue weighted by Gasteiger charge is 2.29. The van der Waals surface area contributed by atoms with Gasteiger partial charge in [-0.1, -0.05) is 17.7 Å². The number of rotatable bonds is 5. The number of hydrazone groups is 1. The van der Waals surface area contributed by atoms with E-state index in [0.717, 1.165) is 5.56 Å². The summed E-state index contributed by atoms with van der Waals surface area (Å²) in [6.45, 7) is 5.19. The summed E-state index contributed by atoms with van der Waals surface area (Å²) < 4.78 is 36.1. The zero-order valence-corrected chi connectivity index (χ0v) is 19.7. The van der Waals surface area contributed by atoms with Gasteiger partial charge in [-0.3, -0.25) is 20.4 Å². The maximum Gasteiger partial charge on any atom is 0.305 e. The Kier molecular flexibility index (Phi) is 6.29. The lowest BCUT2D eigenvalue weighted by molar-refractivity contribution is 0.0828. The Bertz CT molecular complexity index is 1380. The van der Waals surface area contributed by atoms with Gasteiger partial charge in [0.1, 0.15) is 11.5 Å². The van der Waals surface area contributed by atoms with Gasteiger partial charge in [-0.25, -0.2) is 0 Å². The first-order valence-electron chi connectivity index (χ1n) is 10.6. The van der Waals surface area contributed by atoms with E-state index in [1.165, 1.54) is 24.5 Å². The van der Waals surface area contributed by atoms with E-state index >= 15 is 0 Å². The van der Waals surface area contributed by atoms with Crippen molar-refractivity contribution in [3.63, 3.8) is 0 Å². The number of aryl methyl sites for hydroxylation is 3. The van der Waals surface area contributed by atoms with Crippen LogP contribution in [-0.4, -0.2) is 25.9 Å². The fraction of sp³-hybridized carbons (Fsp3) is 0.261. The first-order chi connectivity index (χ1) is 16.2. The maximum absolute atomic E-state index is 12.7. The van der Waals surface area contributed by atoms with Crippen molar-refractivity contribution in [3.8, 4) is 0 Å². The van der Waals surface area contributed by atoms with Crippen molar-refractivity contribution in [2.24, 2.45) is 5.10 Å². The molecule has 178 valence electrons. The minimum Gasteiger partial charge on any atom is -0.469 e. The van der Waals surface area contributed by atoms with E-state index in [1.54, 1.807) is 26.0 Å². The van der Waals surface area contributed by atoms with Gasteiger partial charge < -0.3 is 8.83 Å². The van der Waals surface area contributed by atoms with Crippen molar-refractivity contribution in [2.75, 3.05) is 0 Å². The van der Waals surface area contributed by atoms with E-state index in [4.69, 9.17) is 8.83 Å². The lowest BCUT2D eigenvalue weighted by atomic mass is 9.93. The van der Waals surface area contributed by atoms with Gasteiger partial charge in [-0.2, -0.15) is 18.4 Å². The van der Waals surface area contributed by atoms with Gasteiger partial charge in [0.15, 0.2) is 5.76 Å². The summed E-state index contributed by atoms with van der Waals surface area (Å²) in [7, 11) is -3.85. The Hall–Kier alpha value is -3.86. The van der Waals surface area contributed by atoms with E-state index in [2.05, 4.69) is 20.8 Å². The lowest BCUT2D eigenvalue weighted by Crippen LogP contribution is -2.41. The second-order valence-electron chi connectivity index (χ2n) is 7.97. The summed E-state index contributed by atoms with van der Waals surface area (Å²) in [5, 5.41) is 4.15. The molecule has 0 fully saturated rings. The number of nitrogens with zero attached hydrogens (tertiary/aromatic N) is 1. The molecule has 34 heavy (non-hydrogen) atoms. The molecule has 10 nitrogen and oxygen atoms in total. The van der Waals surface area contributed by atoms with Crippen LogP contribution in [-0.2, 0) is 16.4 Å². The Morgan fingerprint density at radius 2 is 1.68 bits per heavy atom. The highest BCUT2D eigenvalue weighted by molar-refractivity contribution is 7.89. The van der Waals surface area contributed by atoms with Gasteiger partial charge in [0.05, 0.1) is 22.4 Å². The van der Waals surface area contributed by atoms with Crippen molar-refractivity contribution in [2.45, 2.75) is 44.9 Å². The van der Waals surface area contributed by atoms with Crippen LogP contribution in [0.1, 0.15) is 62.0 Å². The summed E-state index contributed by atoms with van der Waals surface area (Å²) in [6, 6.07) is 7.93. The van der Waals surface area contributed by atoms with Gasteiger partial charge in [-0.15, -0.1) is 0 Å². The average molecular weight is 485 g/mol. The number of nitrogens with one attached hydrogen (secondary N) is 3. The van der Waals surface area contributed by atoms with Crippen molar-refractivity contribution < 1.29 is 26.8 Å². The van der Waals surface area contributed by atoms with Gasteiger partial charge in [0.25, 0.3) is 15.9 Å². The number of carbonyl (C=O) groups excluding carboxylic acids is 2. The minimum atomic E-state index is -3.85. The van der Waals surface area contributed by atoms with Crippen LogP contribution in [0.2, 0.25) is 0 Å². The third kappa shape index (κ3) is 4.60. The molecule has 3 N–H and O–H groups in total. The zero-order chi connectivity index (χ0) is 24.5. The van der Waals surface area contributed by atoms with Crippen LogP contribution in [0.4, 0.5) is 0 Å². The molecule has 4 rings (SSSR count). The van der Waals surface area contributed by atoms with E-state index in [0.29, 0.717) is 53.2 Å². The van der Waals surface area contributed by atoms with Crippen LogP contribution in [0, 0.1) is 20.8 Å². The molecule has 1 aliphatic rings. The number of fused-ring (bicyclic) bond motifs is 1. The first-order valence-corrected chi connectivity index (χ1v) is 12.1. The lowest BCUT2D eigenvalue weighted by Gasteiger charge is -2.14. The fourth-order valence-corrected chi connectivity index (χ4v) is 4.57. The van der Waals surface area contributed by atoms with E-state index in [1.807, 2.05) is 6.92 Å². The number of sulfonamides is 1. The molecular weight excluding hydrogens is 460 g/mol. The fourth-order valence-electron chi connectivity index (χ4n) is 3.74. The Labute approximate surface area is 196 Å². The van der Waals surface area contributed by atoms with Crippen LogP contribution in [0.25, 0.3) is 0 Å². The predicted octanol–water partition coefficient (Wildman–Crippen LogP) is 2.89. The molecule has 0 atom stereocenters. The molecule has 0 bridgehead atoms. The average Bonchev–Trinajstić information content (AvgIpc) is 3.39. The van der Waals surface area contributed by atoms with E-state index in [9.17, 15) is 18.0 Å². The number of benzene rings is 1. The zero-order valence-electron chi connectivity index (χ0n) is 18.9. The Morgan fingerprint density at radius 3 is 2.35 bits per heavy atom. The largest absolute Gasteiger partial charge is 0.469 e. The molecule has 2 heterocycles. The van der Waals surface area contributed by atoms with Crippen molar-refractivity contribution in [1.29, 1.82) is 0 Å². The topological polar surface area (TPSA) is 143 Å². The normalized spacial score (nSPS) is 14.5. The minimum absolute atomic E-state index is 0.0187. The molecule has 0 spiro atoms. The van der Waals surface area contributed by atoms with Crippen LogP contribution < -0.4 is 15.7 Å². The van der Waals surface area contributed by atoms with Gasteiger partial charge >= 0.3 is 5.91 Å². The highest BCUT2D eigenvalue weighted by atomic mass is 32.2. The molecule has 2 amide bonds. The predicted molar refractivity (Wildman–Crippen MR) is 123 cm³/mol. The number of hydrogen-bond acceptors (Lipinski definition) is 7. The van der Waals surface area contributed by atoms with Crippen LogP contribution in [0.15, 0.2) is 55.4 Å². The van der Waals surface area contributed by atoms with Gasteiger partial charge in [0.2, 0.25) is 0 Å². The maximum atomic E-state index is 12.7. The molecule has 1 aromatic carbocycles. The smallest absolute Gasteiger partial charge is 0.305 e. The first kappa shape index (κ1) is 23.3. The van der Waals surface area contributed by atoms with Crippen molar-refractivity contribution >= 4 is 27.5 Å². The van der Waals surface area contributed by atoms with Gasteiger partial charge in [0, 0.05) is 17.5 Å². The van der Waals surface area contributed by atoms with E-state index < -0.39 is 21.8 Å². The number of amides is 2. The molecule has 11 heteroatoms. The van der Waals surface area contributed by atoms with Crippen molar-refractivity contribution in [3.05, 3.63) is 76.1 Å². The molecule has 0 unspecified atom stereocenters. The molecule has 3 aromatic rings. The molecule has 0 saturated heterocycles. The summed E-state index contributed by atoms with van der Waals surface area (Å²) in [5.41, 5.74) is 7.49. The number of carbonyl (C=O) groups is 2. The standard InChI is InChI=1S/C23H24N4O6S/c1-13-7-9-16(10-8-13)34(30,31)27-24-18-5-4-6-19-20(18)14(2)21(33-19)23(29)26-25-22(28)17-11-12-32-15(17)3/h7-12,27H,4-6H2,1-3H3,(H,25,28)(H,26,29)/b24-18+. The SMILES string of the molecule is Cc1ccc(S(=O)(=O)N/N=C2\CCCc3oc(C(=O)NNC(=O)c4ccoc4C)c(C)c32)cc1. The molecule has 0 aliphatic heterocycles. The molecule has 0 radical (unpaired) electrons.